The van der Waals surface area contributed by atoms with Gasteiger partial charge in [0.15, 0.2) is 0 Å². The van der Waals surface area contributed by atoms with Crippen LogP contribution >= 0.6 is 0 Å². The minimum Gasteiger partial charge on any atom is -0.399 e. The Hall–Kier alpha value is -1.55. The first-order chi connectivity index (χ1) is 8.44. The van der Waals surface area contributed by atoms with E-state index in [9.17, 15) is 4.79 Å². The number of nitrogen functional groups attached to an aromatic ring is 1. The lowest BCUT2D eigenvalue weighted by atomic mass is 10.0. The normalized spacial score (nSPS) is 11.3. The van der Waals surface area contributed by atoms with Crippen molar-refractivity contribution in [2.45, 2.75) is 32.2 Å². The molecule has 0 aromatic heterocycles. The molecule has 100 valence electrons. The highest BCUT2D eigenvalue weighted by molar-refractivity contribution is 5.77. The van der Waals surface area contributed by atoms with Crippen molar-refractivity contribution >= 4 is 11.6 Å². The average molecular weight is 250 g/mol. The van der Waals surface area contributed by atoms with E-state index in [0.717, 1.165) is 11.3 Å². The highest BCUT2D eigenvalue weighted by Crippen LogP contribution is 2.13. The van der Waals surface area contributed by atoms with Crippen molar-refractivity contribution in [1.82, 2.24) is 5.32 Å². The van der Waals surface area contributed by atoms with Crippen molar-refractivity contribution in [3.05, 3.63) is 29.8 Å². The smallest absolute Gasteiger partial charge is 0.220 e. The van der Waals surface area contributed by atoms with Gasteiger partial charge in [0.1, 0.15) is 0 Å². The fourth-order valence-corrected chi connectivity index (χ4v) is 1.85. The second-order valence-electron chi connectivity index (χ2n) is 5.06. The zero-order valence-corrected chi connectivity index (χ0v) is 11.3. The van der Waals surface area contributed by atoms with Crippen molar-refractivity contribution in [2.24, 2.45) is 0 Å². The van der Waals surface area contributed by atoms with Crippen LogP contribution in [-0.4, -0.2) is 25.2 Å². The van der Waals surface area contributed by atoms with Gasteiger partial charge >= 0.3 is 0 Å². The molecule has 0 saturated carbocycles. The Morgan fingerprint density at radius 3 is 2.67 bits per heavy atom. The molecule has 4 heteroatoms. The van der Waals surface area contributed by atoms with E-state index < -0.39 is 0 Å². The van der Waals surface area contributed by atoms with Crippen LogP contribution in [0.4, 0.5) is 5.69 Å². The van der Waals surface area contributed by atoms with E-state index >= 15 is 0 Å². The molecule has 0 atom stereocenters. The number of anilines is 1. The highest BCUT2D eigenvalue weighted by Gasteiger charge is 2.19. The van der Waals surface area contributed by atoms with Gasteiger partial charge in [0, 0.05) is 19.2 Å². The van der Waals surface area contributed by atoms with Crippen molar-refractivity contribution in [2.75, 3.05) is 19.5 Å². The Balaban J connectivity index is 2.45. The van der Waals surface area contributed by atoms with Gasteiger partial charge in [-0.25, -0.2) is 0 Å². The number of methoxy groups -OCH3 is 1. The lowest BCUT2D eigenvalue weighted by Crippen LogP contribution is -2.46. The van der Waals surface area contributed by atoms with Crippen LogP contribution in [0.2, 0.25) is 0 Å². The molecule has 0 spiro atoms. The molecule has 0 heterocycles. The molecule has 4 nitrogen and oxygen atoms in total. The number of hydrogen-bond acceptors (Lipinski definition) is 3. The number of carbonyl (C=O) groups is 1. The van der Waals surface area contributed by atoms with Gasteiger partial charge in [-0.3, -0.25) is 4.79 Å². The number of ether oxygens (including phenoxy) is 1. The number of benzene rings is 1. The summed E-state index contributed by atoms with van der Waals surface area (Å²) in [6, 6.07) is 7.62. The van der Waals surface area contributed by atoms with Crippen molar-refractivity contribution in [1.29, 1.82) is 0 Å². The zero-order valence-electron chi connectivity index (χ0n) is 11.3. The number of amides is 1. The van der Waals surface area contributed by atoms with Crippen LogP contribution in [0.1, 0.15) is 25.8 Å². The predicted molar refractivity (Wildman–Crippen MR) is 73.3 cm³/mol. The first-order valence-corrected chi connectivity index (χ1v) is 6.08. The van der Waals surface area contributed by atoms with Crippen LogP contribution < -0.4 is 11.1 Å². The van der Waals surface area contributed by atoms with Gasteiger partial charge in [0.25, 0.3) is 0 Å². The summed E-state index contributed by atoms with van der Waals surface area (Å²) in [7, 11) is 1.62. The van der Waals surface area contributed by atoms with Crippen LogP contribution in [0.15, 0.2) is 24.3 Å². The quantitative estimate of drug-likeness (QED) is 0.756. The van der Waals surface area contributed by atoms with E-state index in [-0.39, 0.29) is 11.4 Å². The molecule has 0 aliphatic rings. The first kappa shape index (κ1) is 14.5. The van der Waals surface area contributed by atoms with E-state index in [1.807, 2.05) is 38.1 Å². The Morgan fingerprint density at radius 1 is 1.39 bits per heavy atom. The maximum absolute atomic E-state index is 11.8. The second kappa shape index (κ2) is 6.40. The molecule has 0 saturated heterocycles. The van der Waals surface area contributed by atoms with Crippen LogP contribution in [0.25, 0.3) is 0 Å². The monoisotopic (exact) mass is 250 g/mol. The van der Waals surface area contributed by atoms with Crippen LogP contribution in [0.3, 0.4) is 0 Å². The summed E-state index contributed by atoms with van der Waals surface area (Å²) in [6.45, 7) is 4.36. The van der Waals surface area contributed by atoms with Crippen LogP contribution in [0.5, 0.6) is 0 Å². The fourth-order valence-electron chi connectivity index (χ4n) is 1.85. The molecule has 3 N–H and O–H groups in total. The van der Waals surface area contributed by atoms with Gasteiger partial charge in [-0.05, 0) is 31.9 Å². The van der Waals surface area contributed by atoms with E-state index in [0.29, 0.717) is 19.4 Å². The number of carbonyl (C=O) groups excluding carboxylic acids is 1. The number of hydrogen-bond donors (Lipinski definition) is 2. The minimum absolute atomic E-state index is 0.0142. The molecule has 1 aromatic carbocycles. The van der Waals surface area contributed by atoms with Crippen LogP contribution in [0, 0.1) is 0 Å². The summed E-state index contributed by atoms with van der Waals surface area (Å²) in [5.74, 6) is 0.0142. The standard InChI is InChI=1S/C14H22N2O2/c1-14(2,10-18-3)16-13(17)9-8-11-6-4-5-7-12(11)15/h4-7H,8-10,15H2,1-3H3,(H,16,17). The molecule has 0 radical (unpaired) electrons. The summed E-state index contributed by atoms with van der Waals surface area (Å²) < 4.78 is 5.05. The number of nitrogens with two attached hydrogens (primary N) is 1. The largest absolute Gasteiger partial charge is 0.399 e. The number of para-hydroxylation sites is 1. The van der Waals surface area contributed by atoms with E-state index in [4.69, 9.17) is 10.5 Å². The van der Waals surface area contributed by atoms with E-state index in [2.05, 4.69) is 5.32 Å². The first-order valence-electron chi connectivity index (χ1n) is 6.08. The topological polar surface area (TPSA) is 64.3 Å². The Kier molecular flexibility index (Phi) is 5.16. The molecule has 18 heavy (non-hydrogen) atoms. The maximum Gasteiger partial charge on any atom is 0.220 e. The van der Waals surface area contributed by atoms with Crippen molar-refractivity contribution in [3.63, 3.8) is 0 Å². The molecule has 0 unspecified atom stereocenters. The molecule has 0 aliphatic heterocycles. The zero-order chi connectivity index (χ0) is 13.6. The summed E-state index contributed by atoms with van der Waals surface area (Å²) in [4.78, 5) is 11.8. The number of aryl methyl sites for hydroxylation is 1. The maximum atomic E-state index is 11.8. The molecular weight excluding hydrogens is 228 g/mol. The SMILES string of the molecule is COCC(C)(C)NC(=O)CCc1ccccc1N. The predicted octanol–water partition coefficient (Wildman–Crippen LogP) is 1.74. The Morgan fingerprint density at radius 2 is 2.06 bits per heavy atom. The molecule has 0 fully saturated rings. The molecule has 0 bridgehead atoms. The third-order valence-corrected chi connectivity index (χ3v) is 2.66. The van der Waals surface area contributed by atoms with Crippen molar-refractivity contribution < 1.29 is 9.53 Å². The van der Waals surface area contributed by atoms with Gasteiger partial charge in [-0.15, -0.1) is 0 Å². The summed E-state index contributed by atoms with van der Waals surface area (Å²) >= 11 is 0. The van der Waals surface area contributed by atoms with Gasteiger partial charge < -0.3 is 15.8 Å². The Bertz CT molecular complexity index is 403. The van der Waals surface area contributed by atoms with Crippen LogP contribution in [-0.2, 0) is 16.0 Å². The summed E-state index contributed by atoms with van der Waals surface area (Å²) in [5.41, 5.74) is 7.24. The van der Waals surface area contributed by atoms with Gasteiger partial charge in [-0.1, -0.05) is 18.2 Å². The summed E-state index contributed by atoms with van der Waals surface area (Å²) in [6.07, 6.45) is 1.09. The van der Waals surface area contributed by atoms with Gasteiger partial charge in [0.2, 0.25) is 5.91 Å². The van der Waals surface area contributed by atoms with E-state index in [1.165, 1.54) is 0 Å². The molecule has 1 rings (SSSR count). The Labute approximate surface area is 109 Å². The summed E-state index contributed by atoms with van der Waals surface area (Å²) in [5, 5.41) is 2.94. The van der Waals surface area contributed by atoms with Gasteiger partial charge in [0.05, 0.1) is 12.1 Å². The molecule has 0 aliphatic carbocycles. The number of nitrogens with one attached hydrogen (secondary N) is 1. The number of rotatable bonds is 6. The van der Waals surface area contributed by atoms with Gasteiger partial charge in [-0.2, -0.15) is 0 Å². The second-order valence-corrected chi connectivity index (χ2v) is 5.06. The fraction of sp³-hybridized carbons (Fsp3) is 0.500. The lowest BCUT2D eigenvalue weighted by molar-refractivity contribution is -0.123. The lowest BCUT2D eigenvalue weighted by Gasteiger charge is -2.25. The third-order valence-electron chi connectivity index (χ3n) is 2.66. The average Bonchev–Trinajstić information content (AvgIpc) is 2.27. The molecular formula is C14H22N2O2. The molecule has 1 amide bonds. The minimum atomic E-state index is -0.339. The van der Waals surface area contributed by atoms with E-state index in [1.54, 1.807) is 7.11 Å². The highest BCUT2D eigenvalue weighted by atomic mass is 16.5. The molecule has 1 aromatic rings. The van der Waals surface area contributed by atoms with Crippen molar-refractivity contribution in [3.8, 4) is 0 Å². The third kappa shape index (κ3) is 4.75.